The molecule has 1 aromatic rings. The van der Waals surface area contributed by atoms with Gasteiger partial charge in [0.15, 0.2) is 0 Å². The summed E-state index contributed by atoms with van der Waals surface area (Å²) in [6.07, 6.45) is 4.39. The molecule has 0 unspecified atom stereocenters. The molecule has 0 aromatic carbocycles. The van der Waals surface area contributed by atoms with Gasteiger partial charge in [0.2, 0.25) is 5.88 Å². The van der Waals surface area contributed by atoms with Crippen LogP contribution in [-0.2, 0) is 7.05 Å². The van der Waals surface area contributed by atoms with Crippen molar-refractivity contribution in [2.75, 3.05) is 0 Å². The number of carboxylic acid groups (broad SMARTS) is 1. The Balaban J connectivity index is 2.16. The number of aromatic carboxylic acids is 1. The third-order valence-electron chi connectivity index (χ3n) is 3.62. The minimum absolute atomic E-state index is 0.120. The Morgan fingerprint density at radius 2 is 2.00 bits per heavy atom. The number of carbonyl (C=O) groups is 1. The lowest BCUT2D eigenvalue weighted by molar-refractivity contribution is 0.0680. The van der Waals surface area contributed by atoms with Crippen LogP contribution in [0.15, 0.2) is 0 Å². The van der Waals surface area contributed by atoms with Gasteiger partial charge in [-0.1, -0.05) is 6.92 Å². The van der Waals surface area contributed by atoms with Crippen molar-refractivity contribution < 1.29 is 14.6 Å². The van der Waals surface area contributed by atoms with Crippen LogP contribution >= 0.6 is 0 Å². The van der Waals surface area contributed by atoms with Crippen molar-refractivity contribution in [3.05, 3.63) is 11.3 Å². The van der Waals surface area contributed by atoms with E-state index in [2.05, 4.69) is 12.0 Å². The molecular weight excluding hydrogens is 232 g/mol. The molecule has 100 valence electrons. The Morgan fingerprint density at radius 3 is 2.56 bits per heavy atom. The van der Waals surface area contributed by atoms with E-state index in [-0.39, 0.29) is 11.7 Å². The second-order valence-electron chi connectivity index (χ2n) is 5.19. The van der Waals surface area contributed by atoms with Gasteiger partial charge in [0.05, 0.1) is 5.69 Å². The lowest BCUT2D eigenvalue weighted by Crippen LogP contribution is -2.24. The summed E-state index contributed by atoms with van der Waals surface area (Å²) in [6, 6.07) is 0. The smallest absolute Gasteiger partial charge is 0.343 e. The predicted octanol–water partition coefficient (Wildman–Crippen LogP) is 2.38. The van der Waals surface area contributed by atoms with Crippen LogP contribution < -0.4 is 4.74 Å². The van der Waals surface area contributed by atoms with Gasteiger partial charge in [0, 0.05) is 7.05 Å². The Hall–Kier alpha value is -1.52. The molecule has 0 radical (unpaired) electrons. The Labute approximate surface area is 107 Å². The summed E-state index contributed by atoms with van der Waals surface area (Å²) in [5.74, 6) is 0.163. The first-order valence-electron chi connectivity index (χ1n) is 6.42. The summed E-state index contributed by atoms with van der Waals surface area (Å²) < 4.78 is 7.39. The van der Waals surface area contributed by atoms with Crippen LogP contribution in [0.5, 0.6) is 5.88 Å². The molecule has 0 spiro atoms. The summed E-state index contributed by atoms with van der Waals surface area (Å²) >= 11 is 0. The Bertz CT molecular complexity index is 445. The molecule has 1 aliphatic carbocycles. The first-order chi connectivity index (χ1) is 8.49. The lowest BCUT2D eigenvalue weighted by Gasteiger charge is -2.26. The third kappa shape index (κ3) is 2.49. The molecule has 5 heteroatoms. The Kier molecular flexibility index (Phi) is 3.59. The van der Waals surface area contributed by atoms with Crippen molar-refractivity contribution in [1.29, 1.82) is 0 Å². The van der Waals surface area contributed by atoms with Gasteiger partial charge in [-0.05, 0) is 38.5 Å². The van der Waals surface area contributed by atoms with E-state index in [9.17, 15) is 9.90 Å². The lowest BCUT2D eigenvalue weighted by atomic mass is 9.89. The van der Waals surface area contributed by atoms with Crippen molar-refractivity contribution in [3.63, 3.8) is 0 Å². The number of ether oxygens (including phenoxy) is 1. The molecule has 1 saturated carbocycles. The van der Waals surface area contributed by atoms with E-state index < -0.39 is 5.97 Å². The van der Waals surface area contributed by atoms with Gasteiger partial charge < -0.3 is 9.84 Å². The maximum absolute atomic E-state index is 11.2. The van der Waals surface area contributed by atoms with Crippen molar-refractivity contribution in [1.82, 2.24) is 9.78 Å². The fraction of sp³-hybridized carbons (Fsp3) is 0.692. The topological polar surface area (TPSA) is 64.4 Å². The van der Waals surface area contributed by atoms with Crippen molar-refractivity contribution in [3.8, 4) is 5.88 Å². The molecular formula is C13H20N2O3. The molecule has 1 N–H and O–H groups in total. The second kappa shape index (κ2) is 5.00. The zero-order valence-corrected chi connectivity index (χ0v) is 11.1. The molecule has 2 rings (SSSR count). The second-order valence-corrected chi connectivity index (χ2v) is 5.19. The molecule has 0 bridgehead atoms. The minimum Gasteiger partial charge on any atom is -0.477 e. The highest BCUT2D eigenvalue weighted by atomic mass is 16.5. The van der Waals surface area contributed by atoms with E-state index in [1.165, 1.54) is 4.68 Å². The number of carboxylic acids is 1. The van der Waals surface area contributed by atoms with Gasteiger partial charge in [0.1, 0.15) is 11.7 Å². The molecule has 5 nitrogen and oxygen atoms in total. The number of nitrogens with zero attached hydrogens (tertiary/aromatic N) is 2. The van der Waals surface area contributed by atoms with Gasteiger partial charge >= 0.3 is 5.97 Å². The average molecular weight is 252 g/mol. The SMILES string of the molecule is Cc1nn(C)c(OC2CCC(C)CC2)c1C(=O)O. The van der Waals surface area contributed by atoms with Crippen molar-refractivity contribution in [2.45, 2.75) is 45.6 Å². The highest BCUT2D eigenvalue weighted by Crippen LogP contribution is 2.29. The average Bonchev–Trinajstić information content (AvgIpc) is 2.57. The van der Waals surface area contributed by atoms with Crippen LogP contribution in [-0.4, -0.2) is 27.0 Å². The van der Waals surface area contributed by atoms with Crippen molar-refractivity contribution >= 4 is 5.97 Å². The highest BCUT2D eigenvalue weighted by molar-refractivity contribution is 5.91. The molecule has 18 heavy (non-hydrogen) atoms. The van der Waals surface area contributed by atoms with Crippen LogP contribution in [0, 0.1) is 12.8 Å². The summed E-state index contributed by atoms with van der Waals surface area (Å²) in [5, 5.41) is 13.3. The molecule has 0 amide bonds. The summed E-state index contributed by atoms with van der Waals surface area (Å²) in [7, 11) is 1.72. The Morgan fingerprint density at radius 1 is 1.39 bits per heavy atom. The molecule has 1 aliphatic rings. The molecule has 0 aliphatic heterocycles. The van der Waals surface area contributed by atoms with E-state index in [1.54, 1.807) is 14.0 Å². The largest absolute Gasteiger partial charge is 0.477 e. The van der Waals surface area contributed by atoms with Gasteiger partial charge in [-0.2, -0.15) is 5.10 Å². The number of hydrogen-bond donors (Lipinski definition) is 1. The maximum atomic E-state index is 11.2. The summed E-state index contributed by atoms with van der Waals surface area (Å²) in [4.78, 5) is 11.2. The third-order valence-corrected chi connectivity index (χ3v) is 3.62. The summed E-state index contributed by atoms with van der Waals surface area (Å²) in [6.45, 7) is 3.94. The number of aromatic nitrogens is 2. The molecule has 1 aromatic heterocycles. The van der Waals surface area contributed by atoms with E-state index >= 15 is 0 Å². The van der Waals surface area contributed by atoms with E-state index in [0.717, 1.165) is 31.6 Å². The van der Waals surface area contributed by atoms with Crippen molar-refractivity contribution in [2.24, 2.45) is 13.0 Å². The molecule has 1 fully saturated rings. The highest BCUT2D eigenvalue weighted by Gasteiger charge is 2.26. The molecule has 1 heterocycles. The van der Waals surface area contributed by atoms with E-state index in [4.69, 9.17) is 4.74 Å². The van der Waals surface area contributed by atoms with Crippen LogP contribution in [0.1, 0.15) is 48.7 Å². The quantitative estimate of drug-likeness (QED) is 0.897. The van der Waals surface area contributed by atoms with E-state index in [1.807, 2.05) is 0 Å². The van der Waals surface area contributed by atoms with E-state index in [0.29, 0.717) is 11.6 Å². The summed E-state index contributed by atoms with van der Waals surface area (Å²) in [5.41, 5.74) is 0.695. The molecule has 0 saturated heterocycles. The van der Waals surface area contributed by atoms with Crippen LogP contribution in [0.3, 0.4) is 0 Å². The zero-order chi connectivity index (χ0) is 13.3. The normalized spacial score (nSPS) is 23.9. The van der Waals surface area contributed by atoms with Gasteiger partial charge in [-0.25, -0.2) is 9.48 Å². The van der Waals surface area contributed by atoms with Gasteiger partial charge in [0.25, 0.3) is 0 Å². The fourth-order valence-electron chi connectivity index (χ4n) is 2.52. The van der Waals surface area contributed by atoms with Crippen LogP contribution in [0.4, 0.5) is 0 Å². The van der Waals surface area contributed by atoms with Crippen LogP contribution in [0.2, 0.25) is 0 Å². The first kappa shape index (κ1) is 12.9. The number of rotatable bonds is 3. The molecule has 0 atom stereocenters. The van der Waals surface area contributed by atoms with Gasteiger partial charge in [-0.15, -0.1) is 0 Å². The number of aryl methyl sites for hydroxylation is 2. The van der Waals surface area contributed by atoms with Crippen LogP contribution in [0.25, 0.3) is 0 Å². The number of hydrogen-bond acceptors (Lipinski definition) is 3. The fourth-order valence-corrected chi connectivity index (χ4v) is 2.52. The first-order valence-corrected chi connectivity index (χ1v) is 6.42. The standard InChI is InChI=1S/C13H20N2O3/c1-8-4-6-10(7-5-8)18-12-11(13(16)17)9(2)14-15(12)3/h8,10H,4-7H2,1-3H3,(H,16,17). The monoisotopic (exact) mass is 252 g/mol. The zero-order valence-electron chi connectivity index (χ0n) is 11.1. The van der Waals surface area contributed by atoms with Gasteiger partial charge in [-0.3, -0.25) is 0 Å². The minimum atomic E-state index is -0.972. The maximum Gasteiger partial charge on any atom is 0.343 e. The predicted molar refractivity (Wildman–Crippen MR) is 67.0 cm³/mol.